The van der Waals surface area contributed by atoms with Crippen molar-refractivity contribution in [2.24, 2.45) is 5.10 Å². The van der Waals surface area contributed by atoms with Crippen molar-refractivity contribution in [3.05, 3.63) is 60.4 Å². The van der Waals surface area contributed by atoms with Crippen LogP contribution in [-0.4, -0.2) is 20.3 Å². The van der Waals surface area contributed by atoms with Gasteiger partial charge in [-0.15, -0.1) is 0 Å². The van der Waals surface area contributed by atoms with Crippen molar-refractivity contribution in [2.75, 3.05) is 19.0 Å². The monoisotopic (exact) mass is 226 g/mol. The quantitative estimate of drug-likeness (QED) is 0.578. The summed E-state index contributed by atoms with van der Waals surface area (Å²) in [6.07, 6.45) is 5.66. The van der Waals surface area contributed by atoms with E-state index in [2.05, 4.69) is 34.3 Å². The van der Waals surface area contributed by atoms with Crippen molar-refractivity contribution in [3.63, 3.8) is 0 Å². The van der Waals surface area contributed by atoms with E-state index in [-0.39, 0.29) is 0 Å². The number of anilines is 1. The lowest BCUT2D eigenvalue weighted by molar-refractivity contribution is -0.678. The molecule has 1 aromatic heterocycles. The number of hydrogen-bond donors (Lipinski definition) is 0. The van der Waals surface area contributed by atoms with Gasteiger partial charge in [0.15, 0.2) is 0 Å². The van der Waals surface area contributed by atoms with Crippen molar-refractivity contribution in [3.8, 4) is 0 Å². The number of hydrogen-bond acceptors (Lipinski definition) is 2. The molecule has 0 bridgehead atoms. The first-order valence-corrected chi connectivity index (χ1v) is 5.54. The molecule has 17 heavy (non-hydrogen) atoms. The van der Waals surface area contributed by atoms with Crippen LogP contribution in [0.4, 0.5) is 5.69 Å². The smallest absolute Gasteiger partial charge is 0.202 e. The van der Waals surface area contributed by atoms with Gasteiger partial charge >= 0.3 is 0 Å². The topological polar surface area (TPSA) is 19.5 Å². The molecule has 0 N–H and O–H groups in total. The molecule has 0 atom stereocenters. The summed E-state index contributed by atoms with van der Waals surface area (Å²) in [5.74, 6) is 0. The number of nitrogens with zero attached hydrogens (tertiary/aromatic N) is 3. The van der Waals surface area contributed by atoms with Gasteiger partial charge in [-0.05, 0) is 22.8 Å². The normalized spacial score (nSPS) is 10.7. The minimum atomic E-state index is 1.09. The Hall–Kier alpha value is -2.16. The highest BCUT2D eigenvalue weighted by Crippen LogP contribution is 2.10. The van der Waals surface area contributed by atoms with Crippen LogP contribution in [0.5, 0.6) is 0 Å². The van der Waals surface area contributed by atoms with Gasteiger partial charge in [0.05, 0.1) is 0 Å². The molecule has 2 aromatic rings. The first kappa shape index (κ1) is 11.3. The fourth-order valence-corrected chi connectivity index (χ4v) is 1.46. The zero-order chi connectivity index (χ0) is 12.1. The van der Waals surface area contributed by atoms with Gasteiger partial charge in [0.1, 0.15) is 6.21 Å². The Morgan fingerprint density at radius 2 is 1.65 bits per heavy atom. The second-order valence-corrected chi connectivity index (χ2v) is 3.99. The first-order chi connectivity index (χ1) is 8.25. The summed E-state index contributed by atoms with van der Waals surface area (Å²) in [5.41, 5.74) is 2.28. The van der Waals surface area contributed by atoms with Crippen molar-refractivity contribution in [1.82, 2.24) is 0 Å². The van der Waals surface area contributed by atoms with E-state index in [1.165, 1.54) is 5.69 Å². The maximum Gasteiger partial charge on any atom is 0.202 e. The SMILES string of the molecule is CN(C)c1ccc(/C=N/[n+]2ccccc2)cc1. The Morgan fingerprint density at radius 1 is 1.00 bits per heavy atom. The Labute approximate surface area is 102 Å². The fraction of sp³-hybridized carbons (Fsp3) is 0.143. The highest BCUT2D eigenvalue weighted by atomic mass is 15.3. The third kappa shape index (κ3) is 3.14. The highest BCUT2D eigenvalue weighted by molar-refractivity contribution is 5.79. The predicted octanol–water partition coefficient (Wildman–Crippen LogP) is 1.92. The van der Waals surface area contributed by atoms with Crippen LogP contribution in [0.25, 0.3) is 0 Å². The number of rotatable bonds is 3. The molecular weight excluding hydrogens is 210 g/mol. The minimum Gasteiger partial charge on any atom is -0.378 e. The summed E-state index contributed by atoms with van der Waals surface area (Å²) in [6.45, 7) is 0. The third-order valence-corrected chi connectivity index (χ3v) is 2.45. The molecule has 0 saturated carbocycles. The molecule has 0 aliphatic rings. The molecule has 3 nitrogen and oxygen atoms in total. The largest absolute Gasteiger partial charge is 0.378 e. The van der Waals surface area contributed by atoms with Gasteiger partial charge in [0, 0.05) is 31.9 Å². The molecule has 0 aliphatic carbocycles. The molecule has 0 fully saturated rings. The summed E-state index contributed by atoms with van der Waals surface area (Å²) < 4.78 is 1.78. The van der Waals surface area contributed by atoms with Gasteiger partial charge in [-0.3, -0.25) is 0 Å². The lowest BCUT2D eigenvalue weighted by Crippen LogP contribution is -2.25. The van der Waals surface area contributed by atoms with Crippen molar-refractivity contribution < 1.29 is 4.68 Å². The maximum atomic E-state index is 4.33. The van der Waals surface area contributed by atoms with Crippen molar-refractivity contribution in [2.45, 2.75) is 0 Å². The molecule has 0 aliphatic heterocycles. The van der Waals surface area contributed by atoms with Crippen molar-refractivity contribution >= 4 is 11.9 Å². The van der Waals surface area contributed by atoms with E-state index >= 15 is 0 Å². The number of pyridine rings is 1. The zero-order valence-electron chi connectivity index (χ0n) is 10.1. The second-order valence-electron chi connectivity index (χ2n) is 3.99. The van der Waals surface area contributed by atoms with E-state index in [0.29, 0.717) is 0 Å². The number of aromatic nitrogens is 1. The van der Waals surface area contributed by atoms with Gasteiger partial charge in [-0.25, -0.2) is 0 Å². The summed E-state index contributed by atoms with van der Waals surface area (Å²) in [6, 6.07) is 14.1. The fourth-order valence-electron chi connectivity index (χ4n) is 1.46. The van der Waals surface area contributed by atoms with Crippen LogP contribution in [0.3, 0.4) is 0 Å². The zero-order valence-corrected chi connectivity index (χ0v) is 10.1. The average Bonchev–Trinajstić information content (AvgIpc) is 2.38. The van der Waals surface area contributed by atoms with Crippen LogP contribution < -0.4 is 9.58 Å². The van der Waals surface area contributed by atoms with E-state index in [9.17, 15) is 0 Å². The molecule has 1 heterocycles. The van der Waals surface area contributed by atoms with Crippen LogP contribution >= 0.6 is 0 Å². The van der Waals surface area contributed by atoms with Crippen LogP contribution in [-0.2, 0) is 0 Å². The Morgan fingerprint density at radius 3 is 2.24 bits per heavy atom. The molecule has 0 spiro atoms. The van der Waals surface area contributed by atoms with Crippen LogP contribution in [0.1, 0.15) is 5.56 Å². The molecular formula is C14H16N3+. The molecule has 0 radical (unpaired) electrons. The second kappa shape index (κ2) is 5.25. The van der Waals surface area contributed by atoms with E-state index in [1.54, 1.807) is 4.68 Å². The molecule has 2 rings (SSSR count). The predicted molar refractivity (Wildman–Crippen MR) is 70.4 cm³/mol. The van der Waals surface area contributed by atoms with Crippen LogP contribution in [0.2, 0.25) is 0 Å². The first-order valence-electron chi connectivity index (χ1n) is 5.54. The van der Waals surface area contributed by atoms with Crippen LogP contribution in [0.15, 0.2) is 60.0 Å². The lowest BCUT2D eigenvalue weighted by atomic mass is 10.2. The Kier molecular flexibility index (Phi) is 3.50. The minimum absolute atomic E-state index is 1.09. The van der Waals surface area contributed by atoms with Gasteiger partial charge < -0.3 is 4.90 Å². The van der Waals surface area contributed by atoms with E-state index in [0.717, 1.165) is 5.56 Å². The van der Waals surface area contributed by atoms with E-state index < -0.39 is 0 Å². The summed E-state index contributed by atoms with van der Waals surface area (Å²) in [4.78, 5) is 2.08. The molecule has 0 unspecified atom stereocenters. The molecule has 0 amide bonds. The van der Waals surface area contributed by atoms with Crippen LogP contribution in [0, 0.1) is 0 Å². The summed E-state index contributed by atoms with van der Waals surface area (Å²) in [5, 5.41) is 4.33. The van der Waals surface area contributed by atoms with Gasteiger partial charge in [-0.1, -0.05) is 22.9 Å². The molecule has 3 heteroatoms. The molecule has 0 saturated heterocycles. The molecule has 1 aromatic carbocycles. The standard InChI is InChI=1S/C14H16N3/c1-16(2)14-8-6-13(7-9-14)12-15-17-10-4-3-5-11-17/h3-12H,1-2H3/q+1/b15-12+. The van der Waals surface area contributed by atoms with Crippen molar-refractivity contribution in [1.29, 1.82) is 0 Å². The third-order valence-electron chi connectivity index (χ3n) is 2.45. The maximum absolute atomic E-state index is 4.33. The average molecular weight is 226 g/mol. The van der Waals surface area contributed by atoms with E-state index in [1.807, 2.05) is 50.9 Å². The van der Waals surface area contributed by atoms with Gasteiger partial charge in [0.25, 0.3) is 0 Å². The van der Waals surface area contributed by atoms with E-state index in [4.69, 9.17) is 0 Å². The number of benzene rings is 1. The molecule has 86 valence electrons. The summed E-state index contributed by atoms with van der Waals surface area (Å²) >= 11 is 0. The Balaban J connectivity index is 2.12. The summed E-state index contributed by atoms with van der Waals surface area (Å²) in [7, 11) is 4.06. The van der Waals surface area contributed by atoms with Gasteiger partial charge in [-0.2, -0.15) is 0 Å². The Bertz CT molecular complexity index is 487. The highest BCUT2D eigenvalue weighted by Gasteiger charge is 1.96. The van der Waals surface area contributed by atoms with Gasteiger partial charge in [0.2, 0.25) is 12.4 Å². The lowest BCUT2D eigenvalue weighted by Gasteiger charge is -2.11.